The highest BCUT2D eigenvalue weighted by Gasteiger charge is 2.33. The number of carbonyl (C=O) groups excluding carboxylic acids is 1. The number of hydrogen-bond donors (Lipinski definition) is 1. The summed E-state index contributed by atoms with van der Waals surface area (Å²) < 4.78 is 34.2. The lowest BCUT2D eigenvalue weighted by Gasteiger charge is -2.27. The maximum atomic E-state index is 12.8. The van der Waals surface area contributed by atoms with Crippen LogP contribution in [0.1, 0.15) is 30.9 Å². The summed E-state index contributed by atoms with van der Waals surface area (Å²) in [5.74, 6) is 1.68. The molecule has 3 aromatic rings. The van der Waals surface area contributed by atoms with Gasteiger partial charge < -0.3 is 34.2 Å². The fourth-order valence-corrected chi connectivity index (χ4v) is 4.41. The lowest BCUT2D eigenvalue weighted by Crippen LogP contribution is -2.39. The van der Waals surface area contributed by atoms with Crippen molar-refractivity contribution in [3.05, 3.63) is 83.2 Å². The van der Waals surface area contributed by atoms with E-state index in [1.165, 1.54) is 0 Å². The standard InChI is InChI=1S/C29H26N2O7/c1-3-33-22-12-9-17(13-25(22)34-4-2)27-19-11-10-18(14-24(19)38-28(31)20(27)15-30)36-29(32)26-16-35-21-7-5-6-8-23(21)37-26/h5-14,26-27H,3-4,16,31H2,1-2H3. The highest BCUT2D eigenvalue weighted by atomic mass is 16.6. The molecule has 2 aliphatic heterocycles. The largest absolute Gasteiger partial charge is 0.490 e. The van der Waals surface area contributed by atoms with Gasteiger partial charge in [-0.3, -0.25) is 0 Å². The van der Waals surface area contributed by atoms with E-state index < -0.39 is 18.0 Å². The summed E-state index contributed by atoms with van der Waals surface area (Å²) in [6.07, 6.45) is -0.925. The van der Waals surface area contributed by atoms with Gasteiger partial charge in [-0.25, -0.2) is 4.79 Å². The molecule has 0 aliphatic carbocycles. The summed E-state index contributed by atoms with van der Waals surface area (Å²) in [5.41, 5.74) is 7.88. The Labute approximate surface area is 219 Å². The third-order valence-electron chi connectivity index (χ3n) is 6.08. The van der Waals surface area contributed by atoms with Crippen LogP contribution in [-0.4, -0.2) is 31.9 Å². The molecule has 2 N–H and O–H groups in total. The van der Waals surface area contributed by atoms with Crippen molar-refractivity contribution < 1.29 is 33.2 Å². The van der Waals surface area contributed by atoms with Crippen molar-refractivity contribution >= 4 is 5.97 Å². The van der Waals surface area contributed by atoms with E-state index in [9.17, 15) is 10.1 Å². The lowest BCUT2D eigenvalue weighted by molar-refractivity contribution is -0.144. The van der Waals surface area contributed by atoms with Crippen molar-refractivity contribution in [3.8, 4) is 40.6 Å². The van der Waals surface area contributed by atoms with Crippen molar-refractivity contribution in [3.63, 3.8) is 0 Å². The first-order chi connectivity index (χ1) is 18.5. The van der Waals surface area contributed by atoms with E-state index in [1.807, 2.05) is 38.1 Å². The van der Waals surface area contributed by atoms with Crippen LogP contribution in [0.5, 0.6) is 34.5 Å². The molecule has 2 heterocycles. The molecule has 0 saturated heterocycles. The molecule has 5 rings (SSSR count). The van der Waals surface area contributed by atoms with E-state index in [4.69, 9.17) is 34.2 Å². The minimum atomic E-state index is -0.925. The minimum Gasteiger partial charge on any atom is -0.490 e. The number of allylic oxidation sites excluding steroid dienone is 1. The third-order valence-corrected chi connectivity index (χ3v) is 6.08. The second kappa shape index (κ2) is 10.6. The zero-order valence-electron chi connectivity index (χ0n) is 20.9. The summed E-state index contributed by atoms with van der Waals surface area (Å²) in [5, 5.41) is 9.90. The molecule has 0 spiro atoms. The van der Waals surface area contributed by atoms with Gasteiger partial charge in [-0.15, -0.1) is 0 Å². The molecule has 2 unspecified atom stereocenters. The number of rotatable bonds is 7. The minimum absolute atomic E-state index is 0.0269. The number of fused-ring (bicyclic) bond motifs is 2. The van der Waals surface area contributed by atoms with Gasteiger partial charge in [0.25, 0.3) is 0 Å². The van der Waals surface area contributed by atoms with E-state index >= 15 is 0 Å². The molecule has 0 saturated carbocycles. The Bertz CT molecular complexity index is 1440. The summed E-state index contributed by atoms with van der Waals surface area (Å²) in [7, 11) is 0. The molecular formula is C29H26N2O7. The second-order valence-corrected chi connectivity index (χ2v) is 8.48. The Morgan fingerprint density at radius 2 is 1.76 bits per heavy atom. The van der Waals surface area contributed by atoms with Crippen molar-refractivity contribution in [2.75, 3.05) is 19.8 Å². The molecule has 9 heteroatoms. The van der Waals surface area contributed by atoms with Gasteiger partial charge >= 0.3 is 5.97 Å². The Balaban J connectivity index is 1.42. The quantitative estimate of drug-likeness (QED) is 0.360. The molecule has 194 valence electrons. The van der Waals surface area contributed by atoms with Crippen LogP contribution >= 0.6 is 0 Å². The maximum Gasteiger partial charge on any atom is 0.356 e. The van der Waals surface area contributed by atoms with Gasteiger partial charge in [0, 0.05) is 11.6 Å². The van der Waals surface area contributed by atoms with Gasteiger partial charge in [0.1, 0.15) is 29.7 Å². The Morgan fingerprint density at radius 3 is 2.53 bits per heavy atom. The average molecular weight is 515 g/mol. The van der Waals surface area contributed by atoms with E-state index in [2.05, 4.69) is 6.07 Å². The molecule has 9 nitrogen and oxygen atoms in total. The number of para-hydroxylation sites is 2. The molecule has 0 radical (unpaired) electrons. The second-order valence-electron chi connectivity index (χ2n) is 8.48. The topological polar surface area (TPSA) is 122 Å². The molecule has 0 amide bonds. The molecule has 3 aromatic carbocycles. The fraction of sp³-hybridized carbons (Fsp3) is 0.241. The van der Waals surface area contributed by atoms with Crippen LogP contribution in [-0.2, 0) is 4.79 Å². The number of ether oxygens (including phenoxy) is 6. The first-order valence-electron chi connectivity index (χ1n) is 12.2. The van der Waals surface area contributed by atoms with Crippen LogP contribution < -0.4 is 34.2 Å². The van der Waals surface area contributed by atoms with Crippen LogP contribution in [0.25, 0.3) is 0 Å². The molecule has 0 aromatic heterocycles. The van der Waals surface area contributed by atoms with Gasteiger partial charge in [-0.1, -0.05) is 24.3 Å². The SMILES string of the molecule is CCOc1ccc(C2C(C#N)=C(N)Oc3cc(OC(=O)C4COc5ccccc5O4)ccc32)cc1OCC. The van der Waals surface area contributed by atoms with Gasteiger partial charge in [-0.2, -0.15) is 5.26 Å². The van der Waals surface area contributed by atoms with Crippen molar-refractivity contribution in [1.29, 1.82) is 5.26 Å². The van der Waals surface area contributed by atoms with E-state index in [-0.39, 0.29) is 23.8 Å². The van der Waals surface area contributed by atoms with E-state index in [1.54, 1.807) is 36.4 Å². The Kier molecular flexibility index (Phi) is 6.96. The number of nitriles is 1. The van der Waals surface area contributed by atoms with E-state index in [0.29, 0.717) is 47.5 Å². The first kappa shape index (κ1) is 24.8. The molecule has 38 heavy (non-hydrogen) atoms. The number of esters is 1. The zero-order valence-corrected chi connectivity index (χ0v) is 20.9. The van der Waals surface area contributed by atoms with Gasteiger partial charge in [0.05, 0.1) is 19.1 Å². The first-order valence-corrected chi connectivity index (χ1v) is 12.2. The average Bonchev–Trinajstić information content (AvgIpc) is 2.93. The van der Waals surface area contributed by atoms with Crippen LogP contribution in [0, 0.1) is 11.3 Å². The zero-order chi connectivity index (χ0) is 26.6. The predicted octanol–water partition coefficient (Wildman–Crippen LogP) is 4.45. The van der Waals surface area contributed by atoms with Crippen molar-refractivity contribution in [2.24, 2.45) is 5.73 Å². The number of nitrogens with two attached hydrogens (primary N) is 1. The van der Waals surface area contributed by atoms with Gasteiger partial charge in [0.15, 0.2) is 23.0 Å². The number of hydrogen-bond acceptors (Lipinski definition) is 9. The lowest BCUT2D eigenvalue weighted by atomic mass is 9.83. The maximum absolute atomic E-state index is 12.8. The van der Waals surface area contributed by atoms with Gasteiger partial charge in [-0.05, 0) is 49.7 Å². The van der Waals surface area contributed by atoms with Crippen LogP contribution in [0.3, 0.4) is 0 Å². The highest BCUT2D eigenvalue weighted by Crippen LogP contribution is 2.45. The highest BCUT2D eigenvalue weighted by molar-refractivity contribution is 5.78. The summed E-state index contributed by atoms with van der Waals surface area (Å²) in [4.78, 5) is 12.8. The van der Waals surface area contributed by atoms with Crippen LogP contribution in [0.15, 0.2) is 72.1 Å². The monoisotopic (exact) mass is 514 g/mol. The molecule has 2 atom stereocenters. The third kappa shape index (κ3) is 4.76. The smallest absolute Gasteiger partial charge is 0.356 e. The molecule has 2 aliphatic rings. The van der Waals surface area contributed by atoms with Crippen LogP contribution in [0.2, 0.25) is 0 Å². The number of carbonyl (C=O) groups is 1. The van der Waals surface area contributed by atoms with E-state index in [0.717, 1.165) is 5.56 Å². The molecule has 0 bridgehead atoms. The summed E-state index contributed by atoms with van der Waals surface area (Å²) in [6, 6.07) is 19.7. The number of benzene rings is 3. The summed E-state index contributed by atoms with van der Waals surface area (Å²) in [6.45, 7) is 4.75. The normalized spacial score (nSPS) is 17.5. The van der Waals surface area contributed by atoms with Gasteiger partial charge in [0.2, 0.25) is 12.0 Å². The summed E-state index contributed by atoms with van der Waals surface area (Å²) >= 11 is 0. The molecule has 0 fully saturated rings. The predicted molar refractivity (Wildman–Crippen MR) is 137 cm³/mol. The number of nitrogens with zero attached hydrogens (tertiary/aromatic N) is 1. The van der Waals surface area contributed by atoms with Crippen LogP contribution in [0.4, 0.5) is 0 Å². The Morgan fingerprint density at radius 1 is 1.00 bits per heavy atom. The Hall–Kier alpha value is -4.84. The fourth-order valence-electron chi connectivity index (χ4n) is 4.41. The molecular weight excluding hydrogens is 488 g/mol. The van der Waals surface area contributed by atoms with Crippen molar-refractivity contribution in [1.82, 2.24) is 0 Å². The van der Waals surface area contributed by atoms with Crippen molar-refractivity contribution in [2.45, 2.75) is 25.9 Å².